The lowest BCUT2D eigenvalue weighted by Crippen LogP contribution is -2.42. The minimum Gasteiger partial charge on any atom is -0.313 e. The molecule has 0 aliphatic heterocycles. The van der Waals surface area contributed by atoms with Crippen LogP contribution in [0.2, 0.25) is 5.02 Å². The first kappa shape index (κ1) is 16.8. The van der Waals surface area contributed by atoms with Crippen LogP contribution >= 0.6 is 11.6 Å². The molecule has 3 heteroatoms. The van der Waals surface area contributed by atoms with Crippen molar-refractivity contribution < 1.29 is 4.39 Å². The smallest absolute Gasteiger partial charge is 0.126 e. The first-order valence-corrected chi connectivity index (χ1v) is 8.49. The highest BCUT2D eigenvalue weighted by Gasteiger charge is 2.39. The van der Waals surface area contributed by atoms with E-state index in [1.807, 2.05) is 0 Å². The fourth-order valence-electron chi connectivity index (χ4n) is 3.72. The Kier molecular flexibility index (Phi) is 5.67. The summed E-state index contributed by atoms with van der Waals surface area (Å²) in [4.78, 5) is 0. The van der Waals surface area contributed by atoms with Crippen LogP contribution in [0.5, 0.6) is 0 Å². The lowest BCUT2D eigenvalue weighted by atomic mass is 9.76. The molecule has 1 nitrogen and oxygen atoms in total. The fraction of sp³-hybridized carbons (Fsp3) is 0.667. The second kappa shape index (κ2) is 7.11. The third kappa shape index (κ3) is 4.20. The van der Waals surface area contributed by atoms with Gasteiger partial charge in [-0.15, -0.1) is 0 Å². The van der Waals surface area contributed by atoms with E-state index < -0.39 is 0 Å². The molecule has 2 unspecified atom stereocenters. The van der Waals surface area contributed by atoms with Crippen LogP contribution in [0.3, 0.4) is 0 Å². The highest BCUT2D eigenvalue weighted by molar-refractivity contribution is 6.30. The molecular formula is C18H27ClFN. The van der Waals surface area contributed by atoms with Crippen molar-refractivity contribution in [2.75, 3.05) is 6.54 Å². The maximum atomic E-state index is 14.0. The van der Waals surface area contributed by atoms with E-state index in [0.29, 0.717) is 22.4 Å². The van der Waals surface area contributed by atoms with Crippen molar-refractivity contribution >= 4 is 11.6 Å². The van der Waals surface area contributed by atoms with E-state index in [-0.39, 0.29) is 5.82 Å². The molecule has 1 aliphatic carbocycles. The van der Waals surface area contributed by atoms with Gasteiger partial charge in [0.15, 0.2) is 0 Å². The third-order valence-corrected chi connectivity index (χ3v) is 5.16. The van der Waals surface area contributed by atoms with Crippen LogP contribution in [-0.4, -0.2) is 12.6 Å². The normalized spacial score (nSPS) is 22.4. The summed E-state index contributed by atoms with van der Waals surface area (Å²) in [5.41, 5.74) is 1.07. The zero-order valence-corrected chi connectivity index (χ0v) is 14.1. The Morgan fingerprint density at radius 1 is 1.43 bits per heavy atom. The molecule has 0 heterocycles. The summed E-state index contributed by atoms with van der Waals surface area (Å²) in [6.45, 7) is 7.85. The lowest BCUT2D eigenvalue weighted by Gasteiger charge is -2.35. The summed E-state index contributed by atoms with van der Waals surface area (Å²) in [7, 11) is 0. The quantitative estimate of drug-likeness (QED) is 0.760. The number of hydrogen-bond acceptors (Lipinski definition) is 1. The van der Waals surface area contributed by atoms with Crippen LogP contribution in [0.4, 0.5) is 4.39 Å². The van der Waals surface area contributed by atoms with Gasteiger partial charge in [-0.1, -0.05) is 38.8 Å². The van der Waals surface area contributed by atoms with Gasteiger partial charge in [0, 0.05) is 11.1 Å². The molecule has 1 aromatic carbocycles. The van der Waals surface area contributed by atoms with Crippen LogP contribution in [0.15, 0.2) is 18.2 Å². The maximum absolute atomic E-state index is 14.0. The van der Waals surface area contributed by atoms with Crippen molar-refractivity contribution in [1.29, 1.82) is 0 Å². The van der Waals surface area contributed by atoms with Gasteiger partial charge in [0.1, 0.15) is 5.82 Å². The predicted molar refractivity (Wildman–Crippen MR) is 88.3 cm³/mol. The Morgan fingerprint density at radius 2 is 2.19 bits per heavy atom. The molecule has 0 spiro atoms. The van der Waals surface area contributed by atoms with Crippen molar-refractivity contribution in [3.05, 3.63) is 34.6 Å². The van der Waals surface area contributed by atoms with Crippen molar-refractivity contribution in [1.82, 2.24) is 5.32 Å². The Balaban J connectivity index is 2.18. The molecule has 1 N–H and O–H groups in total. The highest BCUT2D eigenvalue weighted by Crippen LogP contribution is 2.45. The average Bonchev–Trinajstić information content (AvgIpc) is 2.78. The minimum absolute atomic E-state index is 0.140. The average molecular weight is 312 g/mol. The van der Waals surface area contributed by atoms with Gasteiger partial charge in [-0.25, -0.2) is 4.39 Å². The van der Waals surface area contributed by atoms with E-state index in [2.05, 4.69) is 26.1 Å². The van der Waals surface area contributed by atoms with Gasteiger partial charge in [0.05, 0.1) is 0 Å². The van der Waals surface area contributed by atoms with E-state index in [1.54, 1.807) is 12.1 Å². The molecule has 0 amide bonds. The van der Waals surface area contributed by atoms with E-state index >= 15 is 0 Å². The van der Waals surface area contributed by atoms with Crippen LogP contribution in [0.25, 0.3) is 0 Å². The van der Waals surface area contributed by atoms with Crippen molar-refractivity contribution in [3.63, 3.8) is 0 Å². The van der Waals surface area contributed by atoms with Gasteiger partial charge in [0.25, 0.3) is 0 Å². The molecule has 2 atom stereocenters. The number of halogens is 2. The fourth-order valence-corrected chi connectivity index (χ4v) is 3.92. The van der Waals surface area contributed by atoms with Gasteiger partial charge < -0.3 is 5.32 Å². The molecule has 0 saturated heterocycles. The van der Waals surface area contributed by atoms with Crippen LogP contribution in [-0.2, 0) is 6.42 Å². The van der Waals surface area contributed by atoms with Gasteiger partial charge in [-0.3, -0.25) is 0 Å². The monoisotopic (exact) mass is 311 g/mol. The second-order valence-corrected chi connectivity index (χ2v) is 7.42. The summed E-state index contributed by atoms with van der Waals surface area (Å²) in [5.74, 6) is 0.459. The maximum Gasteiger partial charge on any atom is 0.126 e. The molecular weight excluding hydrogens is 285 g/mol. The molecule has 1 saturated carbocycles. The topological polar surface area (TPSA) is 12.0 Å². The Bertz CT molecular complexity index is 472. The molecule has 2 rings (SSSR count). The first-order chi connectivity index (χ1) is 9.94. The van der Waals surface area contributed by atoms with E-state index in [0.717, 1.165) is 24.9 Å². The van der Waals surface area contributed by atoms with Crippen LogP contribution in [0.1, 0.15) is 52.0 Å². The van der Waals surface area contributed by atoms with Crippen molar-refractivity contribution in [2.24, 2.45) is 11.3 Å². The molecule has 0 bridgehead atoms. The highest BCUT2D eigenvalue weighted by atomic mass is 35.5. The number of nitrogens with one attached hydrogen (secondary N) is 1. The largest absolute Gasteiger partial charge is 0.313 e. The number of hydrogen-bond donors (Lipinski definition) is 1. The van der Waals surface area contributed by atoms with E-state index in [9.17, 15) is 4.39 Å². The standard InChI is InChI=1S/C18H27ClFN/c1-4-10-21-17(15-6-5-9-18(15,2)3)12-13-11-14(19)7-8-16(13)20/h7-8,11,15,17,21H,4-6,9-10,12H2,1-3H3. The van der Waals surface area contributed by atoms with Gasteiger partial charge in [-0.05, 0) is 67.3 Å². The first-order valence-electron chi connectivity index (χ1n) is 8.11. The molecule has 1 aliphatic rings. The summed E-state index contributed by atoms with van der Waals surface area (Å²) < 4.78 is 14.0. The van der Waals surface area contributed by atoms with E-state index in [4.69, 9.17) is 11.6 Å². The predicted octanol–water partition coefficient (Wildman–Crippen LogP) is 5.22. The number of rotatable bonds is 6. The molecule has 118 valence electrons. The molecule has 1 aromatic rings. The van der Waals surface area contributed by atoms with Crippen LogP contribution in [0, 0.1) is 17.2 Å². The zero-order chi connectivity index (χ0) is 15.5. The summed E-state index contributed by atoms with van der Waals surface area (Å²) >= 11 is 6.03. The Hall–Kier alpha value is -0.600. The SMILES string of the molecule is CCCNC(Cc1cc(Cl)ccc1F)C1CCCC1(C)C. The van der Waals surface area contributed by atoms with Crippen molar-refractivity contribution in [3.8, 4) is 0 Å². The summed E-state index contributed by atoms with van der Waals surface area (Å²) in [5, 5.41) is 4.27. The van der Waals surface area contributed by atoms with Gasteiger partial charge >= 0.3 is 0 Å². The Morgan fingerprint density at radius 3 is 2.81 bits per heavy atom. The molecule has 0 radical (unpaired) electrons. The van der Waals surface area contributed by atoms with E-state index in [1.165, 1.54) is 25.3 Å². The molecule has 0 aromatic heterocycles. The summed E-state index contributed by atoms with van der Waals surface area (Å²) in [6.07, 6.45) is 5.60. The third-order valence-electron chi connectivity index (χ3n) is 4.93. The number of benzene rings is 1. The zero-order valence-electron chi connectivity index (χ0n) is 13.4. The molecule has 1 fully saturated rings. The van der Waals surface area contributed by atoms with Gasteiger partial charge in [-0.2, -0.15) is 0 Å². The minimum atomic E-state index is -0.140. The van der Waals surface area contributed by atoms with Crippen molar-refractivity contribution in [2.45, 2.75) is 58.9 Å². The Labute approximate surface area is 133 Å². The van der Waals surface area contributed by atoms with Gasteiger partial charge in [0.2, 0.25) is 0 Å². The lowest BCUT2D eigenvalue weighted by molar-refractivity contribution is 0.195. The van der Waals surface area contributed by atoms with Crippen LogP contribution < -0.4 is 5.32 Å². The second-order valence-electron chi connectivity index (χ2n) is 6.99. The molecule has 21 heavy (non-hydrogen) atoms. The summed E-state index contributed by atoms with van der Waals surface area (Å²) in [6, 6.07) is 5.21.